The lowest BCUT2D eigenvalue weighted by Gasteiger charge is -2.22. The van der Waals surface area contributed by atoms with Gasteiger partial charge in [-0.1, -0.05) is 0 Å². The number of carbonyl (C=O) groups is 6. The quantitative estimate of drug-likeness (QED) is 0.172. The minimum atomic E-state index is -1.43. The average molecular weight is 737 g/mol. The second kappa shape index (κ2) is 17.8. The Balaban J connectivity index is 0.000000280. The van der Waals surface area contributed by atoms with Crippen molar-refractivity contribution in [1.29, 1.82) is 0 Å². The van der Waals surface area contributed by atoms with Gasteiger partial charge in [-0.15, -0.1) is 0 Å². The molecule has 2 aliphatic heterocycles. The van der Waals surface area contributed by atoms with Crippen LogP contribution in [0.25, 0.3) is 0 Å². The molecule has 6 atom stereocenters. The third-order valence-corrected chi connectivity index (χ3v) is 8.30. The number of cyclic esters (lactones) is 2. The lowest BCUT2D eigenvalue weighted by atomic mass is 9.86. The molecule has 52 heavy (non-hydrogen) atoms. The molecular formula is C34H40O18. The number of rotatable bonds is 12. The summed E-state index contributed by atoms with van der Waals surface area (Å²) in [6.07, 6.45) is -2.23. The van der Waals surface area contributed by atoms with E-state index in [1.807, 2.05) is 0 Å². The Labute approximate surface area is 298 Å². The van der Waals surface area contributed by atoms with E-state index in [0.29, 0.717) is 22.6 Å². The predicted molar refractivity (Wildman–Crippen MR) is 172 cm³/mol. The third-order valence-electron chi connectivity index (χ3n) is 8.30. The first-order valence-corrected chi connectivity index (χ1v) is 15.2. The van der Waals surface area contributed by atoms with Gasteiger partial charge in [0.25, 0.3) is 0 Å². The fourth-order valence-corrected chi connectivity index (χ4v) is 5.93. The summed E-state index contributed by atoms with van der Waals surface area (Å²) in [4.78, 5) is 73.1. The van der Waals surface area contributed by atoms with Crippen LogP contribution in [0, 0.1) is 23.7 Å². The largest absolute Gasteiger partial charge is 0.493 e. The van der Waals surface area contributed by atoms with Gasteiger partial charge in [0.2, 0.25) is 11.5 Å². The van der Waals surface area contributed by atoms with Crippen molar-refractivity contribution in [3.05, 3.63) is 35.4 Å². The zero-order valence-corrected chi connectivity index (χ0v) is 30.1. The van der Waals surface area contributed by atoms with Gasteiger partial charge in [-0.25, -0.2) is 0 Å². The highest BCUT2D eigenvalue weighted by molar-refractivity contribution is 6.02. The number of ether oxygens (including phenoxy) is 12. The van der Waals surface area contributed by atoms with Crippen LogP contribution in [-0.4, -0.2) is 107 Å². The topological polar surface area (TPSA) is 213 Å². The molecular weight excluding hydrogens is 696 g/mol. The fraction of sp³-hybridized carbons (Fsp3) is 0.471. The van der Waals surface area contributed by atoms with Crippen molar-refractivity contribution < 1.29 is 85.6 Å². The van der Waals surface area contributed by atoms with Crippen LogP contribution in [0.3, 0.4) is 0 Å². The average Bonchev–Trinajstić information content (AvgIpc) is 3.71. The molecule has 4 rings (SSSR count). The van der Waals surface area contributed by atoms with Crippen LogP contribution in [0.2, 0.25) is 0 Å². The van der Waals surface area contributed by atoms with Gasteiger partial charge in [-0.2, -0.15) is 0 Å². The van der Waals surface area contributed by atoms with E-state index >= 15 is 0 Å². The zero-order valence-electron chi connectivity index (χ0n) is 30.1. The van der Waals surface area contributed by atoms with Gasteiger partial charge in [0, 0.05) is 11.1 Å². The van der Waals surface area contributed by atoms with Crippen molar-refractivity contribution in [3.8, 4) is 34.5 Å². The minimum absolute atomic E-state index is 0.212. The Morgan fingerprint density at radius 3 is 1.00 bits per heavy atom. The summed E-state index contributed by atoms with van der Waals surface area (Å²) in [6, 6.07) is 6.27. The third kappa shape index (κ3) is 7.54. The molecule has 2 fully saturated rings. The van der Waals surface area contributed by atoms with E-state index in [9.17, 15) is 28.8 Å². The second-order valence-corrected chi connectivity index (χ2v) is 10.7. The summed E-state index contributed by atoms with van der Waals surface area (Å²) >= 11 is 0. The number of methoxy groups -OCH3 is 10. The van der Waals surface area contributed by atoms with Crippen molar-refractivity contribution >= 4 is 35.8 Å². The molecule has 0 aliphatic carbocycles. The van der Waals surface area contributed by atoms with Crippen LogP contribution in [0.1, 0.15) is 23.3 Å². The first kappa shape index (κ1) is 40.5. The number of hydrogen-bond acceptors (Lipinski definition) is 18. The molecule has 2 aromatic rings. The Morgan fingerprint density at radius 2 is 0.750 bits per heavy atom. The molecule has 2 aliphatic rings. The highest BCUT2D eigenvalue weighted by atomic mass is 16.6. The van der Waals surface area contributed by atoms with E-state index in [4.69, 9.17) is 47.4 Å². The van der Waals surface area contributed by atoms with E-state index in [0.717, 1.165) is 28.4 Å². The summed E-state index contributed by atoms with van der Waals surface area (Å²) in [5.41, 5.74) is 0.667. The van der Waals surface area contributed by atoms with Gasteiger partial charge in [0.1, 0.15) is 24.0 Å². The highest BCUT2D eigenvalue weighted by Gasteiger charge is 2.57. The second-order valence-electron chi connectivity index (χ2n) is 10.7. The molecule has 0 amide bonds. The Hall–Kier alpha value is -5.94. The Bertz CT molecular complexity index is 1550. The Morgan fingerprint density at radius 1 is 0.442 bits per heavy atom. The number of benzene rings is 2. The van der Waals surface area contributed by atoms with Crippen LogP contribution in [0.4, 0.5) is 0 Å². The summed E-state index contributed by atoms with van der Waals surface area (Å²) < 4.78 is 61.2. The monoisotopic (exact) mass is 736 g/mol. The number of esters is 6. The van der Waals surface area contributed by atoms with E-state index in [-0.39, 0.29) is 23.0 Å². The van der Waals surface area contributed by atoms with Gasteiger partial charge in [0.05, 0.1) is 71.1 Å². The maximum Gasteiger partial charge on any atom is 0.322 e. The molecule has 284 valence electrons. The highest BCUT2D eigenvalue weighted by Crippen LogP contribution is 2.50. The summed E-state index contributed by atoms with van der Waals surface area (Å²) in [5, 5.41) is 0. The van der Waals surface area contributed by atoms with E-state index in [1.54, 1.807) is 24.3 Å². The number of carbonyl (C=O) groups excluding carboxylic acids is 6. The Kier molecular flexibility index (Phi) is 13.9. The molecule has 0 bridgehead atoms. The van der Waals surface area contributed by atoms with Crippen LogP contribution >= 0.6 is 0 Å². The molecule has 0 N–H and O–H groups in total. The zero-order chi connectivity index (χ0) is 38.9. The van der Waals surface area contributed by atoms with E-state index in [1.165, 1.54) is 42.7 Å². The lowest BCUT2D eigenvalue weighted by molar-refractivity contribution is -0.159. The first-order valence-electron chi connectivity index (χ1n) is 15.2. The summed E-state index contributed by atoms with van der Waals surface area (Å²) in [5.74, 6) is -8.71. The SMILES string of the molecule is COC(=O)[C@@H]1C(=O)O[C@@H](c2ccc(OC)c(OC)c2OC)[C@@H]1C(=O)OC.COC(=O)[C@H]1C(=O)O[C@@H](c2ccc(OC)c(OC)c2OC)[C@@H]1C(=O)OC. The summed E-state index contributed by atoms with van der Waals surface area (Å²) in [6.45, 7) is 0. The van der Waals surface area contributed by atoms with E-state index < -0.39 is 71.7 Å². The molecule has 2 heterocycles. The molecule has 2 aromatic carbocycles. The first-order chi connectivity index (χ1) is 24.9. The van der Waals surface area contributed by atoms with Crippen molar-refractivity contribution in [1.82, 2.24) is 0 Å². The maximum absolute atomic E-state index is 12.3. The summed E-state index contributed by atoms with van der Waals surface area (Å²) in [7, 11) is 13.1. The van der Waals surface area contributed by atoms with Crippen molar-refractivity contribution in [2.45, 2.75) is 12.2 Å². The molecule has 18 heteroatoms. The smallest absolute Gasteiger partial charge is 0.322 e. The van der Waals surface area contributed by atoms with E-state index in [2.05, 4.69) is 9.47 Å². The molecule has 0 spiro atoms. The van der Waals surface area contributed by atoms with Crippen molar-refractivity contribution in [2.75, 3.05) is 71.1 Å². The molecule has 0 saturated carbocycles. The van der Waals surface area contributed by atoms with Gasteiger partial charge in [-0.3, -0.25) is 28.8 Å². The minimum Gasteiger partial charge on any atom is -0.493 e. The molecule has 0 unspecified atom stereocenters. The normalized spacial score (nSPS) is 21.6. The van der Waals surface area contributed by atoms with Crippen LogP contribution in [0.15, 0.2) is 24.3 Å². The van der Waals surface area contributed by atoms with Crippen LogP contribution in [0.5, 0.6) is 34.5 Å². The molecule has 0 radical (unpaired) electrons. The van der Waals surface area contributed by atoms with Gasteiger partial charge in [0.15, 0.2) is 34.8 Å². The fourth-order valence-electron chi connectivity index (χ4n) is 5.93. The van der Waals surface area contributed by atoms with Crippen LogP contribution < -0.4 is 28.4 Å². The standard InChI is InChI=1S/2C17H20O9/c2*1-21-9-7-6-8(13(22-2)14(9)23-3)12-10(15(18)24-4)11(16(19)25-5)17(20)26-12/h2*6-7,10-12H,1-5H3/t10-,11+,12+;10-,11-,12+/m11/s1. The molecule has 18 nitrogen and oxygen atoms in total. The number of hydrogen-bond donors (Lipinski definition) is 0. The van der Waals surface area contributed by atoms with Crippen LogP contribution in [-0.2, 0) is 57.2 Å². The molecule has 0 aromatic heterocycles. The van der Waals surface area contributed by atoms with Gasteiger partial charge in [-0.05, 0) is 24.3 Å². The molecule has 2 saturated heterocycles. The van der Waals surface area contributed by atoms with Gasteiger partial charge >= 0.3 is 35.8 Å². The van der Waals surface area contributed by atoms with Crippen molar-refractivity contribution in [2.24, 2.45) is 23.7 Å². The maximum atomic E-state index is 12.3. The predicted octanol–water partition coefficient (Wildman–Crippen LogP) is 1.78. The van der Waals surface area contributed by atoms with Gasteiger partial charge < -0.3 is 56.8 Å². The van der Waals surface area contributed by atoms with Crippen molar-refractivity contribution in [3.63, 3.8) is 0 Å². The lowest BCUT2D eigenvalue weighted by Crippen LogP contribution is -2.33.